The molecule has 2 nitrogen and oxygen atoms in total. The second-order valence-corrected chi connectivity index (χ2v) is 5.60. The molecule has 3 heteroatoms. The van der Waals surface area contributed by atoms with E-state index in [4.69, 9.17) is 0 Å². The summed E-state index contributed by atoms with van der Waals surface area (Å²) in [5.41, 5.74) is 1.81. The Morgan fingerprint density at radius 1 is 1.32 bits per heavy atom. The molecule has 1 heterocycles. The summed E-state index contributed by atoms with van der Waals surface area (Å²) in [6.07, 6.45) is 2.53. The molecule has 0 unspecified atom stereocenters. The topological polar surface area (TPSA) is 15.3 Å². The van der Waals surface area contributed by atoms with Crippen molar-refractivity contribution in [2.24, 2.45) is 5.92 Å². The van der Waals surface area contributed by atoms with Gasteiger partial charge in [-0.2, -0.15) is 0 Å². The van der Waals surface area contributed by atoms with Crippen LogP contribution in [-0.2, 0) is 6.54 Å². The van der Waals surface area contributed by atoms with Gasteiger partial charge < -0.3 is 5.32 Å². The van der Waals surface area contributed by atoms with Crippen molar-refractivity contribution in [3.63, 3.8) is 0 Å². The van der Waals surface area contributed by atoms with E-state index in [0.29, 0.717) is 0 Å². The molecule has 0 spiro atoms. The first-order valence-electron chi connectivity index (χ1n) is 7.37. The van der Waals surface area contributed by atoms with Gasteiger partial charge in [-0.1, -0.05) is 19.1 Å². The number of hydrogen-bond acceptors (Lipinski definition) is 2. The number of rotatable bonds is 5. The molecule has 0 amide bonds. The van der Waals surface area contributed by atoms with Crippen LogP contribution in [-0.4, -0.2) is 31.1 Å². The number of nitrogens with zero attached hydrogens (tertiary/aromatic N) is 1. The molecular weight excluding hydrogens is 239 g/mol. The number of hydrogen-bond donors (Lipinski definition) is 1. The quantitative estimate of drug-likeness (QED) is 0.879. The highest BCUT2D eigenvalue weighted by Gasteiger charge is 2.16. The molecule has 19 heavy (non-hydrogen) atoms. The van der Waals surface area contributed by atoms with Crippen LogP contribution in [0.25, 0.3) is 0 Å². The highest BCUT2D eigenvalue weighted by Crippen LogP contribution is 2.16. The van der Waals surface area contributed by atoms with Crippen LogP contribution in [0.2, 0.25) is 0 Å². The fourth-order valence-corrected chi connectivity index (χ4v) is 2.73. The van der Waals surface area contributed by atoms with Gasteiger partial charge in [0.25, 0.3) is 0 Å². The summed E-state index contributed by atoms with van der Waals surface area (Å²) < 4.78 is 13.6. The third kappa shape index (κ3) is 4.29. The van der Waals surface area contributed by atoms with Gasteiger partial charge in [0.1, 0.15) is 5.82 Å². The fourth-order valence-electron chi connectivity index (χ4n) is 2.73. The van der Waals surface area contributed by atoms with Gasteiger partial charge >= 0.3 is 0 Å². The number of aryl methyl sites for hydroxylation is 1. The minimum Gasteiger partial charge on any atom is -0.317 e. The van der Waals surface area contributed by atoms with Crippen LogP contribution in [0.4, 0.5) is 4.39 Å². The molecule has 1 aliphatic rings. The van der Waals surface area contributed by atoms with Gasteiger partial charge in [-0.15, -0.1) is 0 Å². The molecule has 0 bridgehead atoms. The second-order valence-electron chi connectivity index (χ2n) is 5.60. The Morgan fingerprint density at radius 3 is 2.68 bits per heavy atom. The first-order valence-corrected chi connectivity index (χ1v) is 7.37. The zero-order valence-electron chi connectivity index (χ0n) is 12.1. The smallest absolute Gasteiger partial charge is 0.126 e. The van der Waals surface area contributed by atoms with Gasteiger partial charge in [0.05, 0.1) is 0 Å². The largest absolute Gasteiger partial charge is 0.317 e. The van der Waals surface area contributed by atoms with E-state index in [0.717, 1.165) is 49.8 Å². The normalized spacial score (nSPS) is 17.1. The van der Waals surface area contributed by atoms with Crippen molar-refractivity contribution in [2.45, 2.75) is 33.2 Å². The van der Waals surface area contributed by atoms with E-state index in [-0.39, 0.29) is 5.82 Å². The summed E-state index contributed by atoms with van der Waals surface area (Å²) in [4.78, 5) is 2.43. The van der Waals surface area contributed by atoms with Gasteiger partial charge in [0, 0.05) is 13.1 Å². The highest BCUT2D eigenvalue weighted by molar-refractivity contribution is 5.23. The van der Waals surface area contributed by atoms with Crippen molar-refractivity contribution in [1.29, 1.82) is 0 Å². The standard InChI is InChI=1S/C16H25FN2/c1-3-19(11-14-6-8-18-9-7-14)12-15-5-4-13(2)16(17)10-15/h4-5,10,14,18H,3,6-9,11-12H2,1-2H3. The monoisotopic (exact) mass is 264 g/mol. The molecule has 106 valence electrons. The molecule has 1 aromatic rings. The van der Waals surface area contributed by atoms with E-state index < -0.39 is 0 Å². The minimum absolute atomic E-state index is 0.0876. The van der Waals surface area contributed by atoms with Crippen molar-refractivity contribution < 1.29 is 4.39 Å². The summed E-state index contributed by atoms with van der Waals surface area (Å²) in [6, 6.07) is 5.60. The van der Waals surface area contributed by atoms with Crippen molar-refractivity contribution >= 4 is 0 Å². The maximum absolute atomic E-state index is 13.6. The van der Waals surface area contributed by atoms with Crippen LogP contribution in [0.1, 0.15) is 30.9 Å². The summed E-state index contributed by atoms with van der Waals surface area (Å²) in [7, 11) is 0. The molecule has 0 radical (unpaired) electrons. The molecule has 1 fully saturated rings. The number of nitrogens with one attached hydrogen (secondary N) is 1. The molecule has 2 rings (SSSR count). The van der Waals surface area contributed by atoms with Gasteiger partial charge in [0.15, 0.2) is 0 Å². The Morgan fingerprint density at radius 2 is 2.05 bits per heavy atom. The fraction of sp³-hybridized carbons (Fsp3) is 0.625. The molecule has 0 saturated carbocycles. The van der Waals surface area contributed by atoms with E-state index >= 15 is 0 Å². The van der Waals surface area contributed by atoms with Crippen molar-refractivity contribution in [1.82, 2.24) is 10.2 Å². The first kappa shape index (κ1) is 14.5. The minimum atomic E-state index is -0.0876. The maximum atomic E-state index is 13.6. The van der Waals surface area contributed by atoms with Crippen LogP contribution >= 0.6 is 0 Å². The predicted octanol–water partition coefficient (Wildman–Crippen LogP) is 2.96. The Bertz CT molecular complexity index is 400. The molecular formula is C16H25FN2. The van der Waals surface area contributed by atoms with Crippen LogP contribution in [0.3, 0.4) is 0 Å². The zero-order valence-corrected chi connectivity index (χ0v) is 12.1. The summed E-state index contributed by atoms with van der Waals surface area (Å²) in [5.74, 6) is 0.701. The van der Waals surface area contributed by atoms with Gasteiger partial charge in [-0.3, -0.25) is 4.90 Å². The number of halogens is 1. The van der Waals surface area contributed by atoms with Crippen LogP contribution in [0, 0.1) is 18.7 Å². The lowest BCUT2D eigenvalue weighted by atomic mass is 9.97. The van der Waals surface area contributed by atoms with Crippen molar-refractivity contribution in [3.8, 4) is 0 Å². The Hall–Kier alpha value is -0.930. The third-order valence-corrected chi connectivity index (χ3v) is 4.06. The molecule has 0 aliphatic carbocycles. The van der Waals surface area contributed by atoms with Gasteiger partial charge in [0.2, 0.25) is 0 Å². The third-order valence-electron chi connectivity index (χ3n) is 4.06. The molecule has 0 aromatic heterocycles. The summed E-state index contributed by atoms with van der Waals surface area (Å²) in [6.45, 7) is 9.30. The SMILES string of the molecule is CCN(Cc1ccc(C)c(F)c1)CC1CCNCC1. The zero-order chi connectivity index (χ0) is 13.7. The number of benzene rings is 1. The van der Waals surface area contributed by atoms with Crippen LogP contribution in [0.15, 0.2) is 18.2 Å². The average Bonchev–Trinajstić information content (AvgIpc) is 2.43. The molecule has 1 aromatic carbocycles. The van der Waals surface area contributed by atoms with Gasteiger partial charge in [-0.25, -0.2) is 4.39 Å². The predicted molar refractivity (Wildman–Crippen MR) is 77.7 cm³/mol. The lowest BCUT2D eigenvalue weighted by Crippen LogP contribution is -2.35. The average molecular weight is 264 g/mol. The van der Waals surface area contributed by atoms with Crippen molar-refractivity contribution in [3.05, 3.63) is 35.1 Å². The molecule has 1 N–H and O–H groups in total. The van der Waals surface area contributed by atoms with Crippen LogP contribution < -0.4 is 5.32 Å². The molecule has 1 saturated heterocycles. The van der Waals surface area contributed by atoms with E-state index in [1.807, 2.05) is 19.1 Å². The number of piperidine rings is 1. The van der Waals surface area contributed by atoms with Gasteiger partial charge in [-0.05, 0) is 62.5 Å². The summed E-state index contributed by atoms with van der Waals surface area (Å²) in [5, 5.41) is 3.40. The first-order chi connectivity index (χ1) is 9.19. The maximum Gasteiger partial charge on any atom is 0.126 e. The van der Waals surface area contributed by atoms with Crippen LogP contribution in [0.5, 0.6) is 0 Å². The van der Waals surface area contributed by atoms with E-state index in [9.17, 15) is 4.39 Å². The molecule has 1 aliphatic heterocycles. The second kappa shape index (κ2) is 7.01. The highest BCUT2D eigenvalue weighted by atomic mass is 19.1. The van der Waals surface area contributed by atoms with E-state index in [2.05, 4.69) is 17.1 Å². The summed E-state index contributed by atoms with van der Waals surface area (Å²) >= 11 is 0. The Labute approximate surface area is 116 Å². The van der Waals surface area contributed by atoms with E-state index in [1.54, 1.807) is 6.07 Å². The lowest BCUT2D eigenvalue weighted by molar-refractivity contribution is 0.207. The Kier molecular flexibility index (Phi) is 5.34. The molecule has 0 atom stereocenters. The van der Waals surface area contributed by atoms with Crippen molar-refractivity contribution in [2.75, 3.05) is 26.2 Å². The Balaban J connectivity index is 1.92. The van der Waals surface area contributed by atoms with E-state index in [1.165, 1.54) is 12.8 Å². The lowest BCUT2D eigenvalue weighted by Gasteiger charge is -2.29.